The Balaban J connectivity index is 2.91. The van der Waals surface area contributed by atoms with Crippen molar-refractivity contribution in [3.05, 3.63) is 47.9 Å². The third-order valence-corrected chi connectivity index (χ3v) is 2.47. The molecule has 98 valence electrons. The summed E-state index contributed by atoms with van der Waals surface area (Å²) >= 11 is 0. The summed E-state index contributed by atoms with van der Waals surface area (Å²) in [6.45, 7) is 10.2. The van der Waals surface area contributed by atoms with Gasteiger partial charge < -0.3 is 4.90 Å². The van der Waals surface area contributed by atoms with Crippen molar-refractivity contribution in [3.63, 3.8) is 0 Å². The van der Waals surface area contributed by atoms with Crippen LogP contribution >= 0.6 is 0 Å². The van der Waals surface area contributed by atoms with Crippen LogP contribution in [0.1, 0.15) is 17.0 Å². The fourth-order valence-electron chi connectivity index (χ4n) is 1.62. The second-order valence-corrected chi connectivity index (χ2v) is 4.52. The maximum Gasteiger partial charge on any atom is 0.133 e. The van der Waals surface area contributed by atoms with Gasteiger partial charge in [-0.25, -0.2) is 4.99 Å². The van der Waals surface area contributed by atoms with Crippen LogP contribution in [0, 0.1) is 18.3 Å². The van der Waals surface area contributed by atoms with Gasteiger partial charge in [0.2, 0.25) is 0 Å². The van der Waals surface area contributed by atoms with E-state index in [0.717, 1.165) is 29.1 Å². The summed E-state index contributed by atoms with van der Waals surface area (Å²) in [5, 5.41) is 8.58. The number of aromatic nitrogens is 1. The summed E-state index contributed by atoms with van der Waals surface area (Å²) in [6.07, 6.45) is 1.54. The first-order valence-electron chi connectivity index (χ1n) is 5.87. The van der Waals surface area contributed by atoms with E-state index in [9.17, 15) is 0 Å². The van der Waals surface area contributed by atoms with Crippen molar-refractivity contribution >= 4 is 11.8 Å². The van der Waals surface area contributed by atoms with Crippen LogP contribution in [-0.2, 0) is 6.54 Å². The minimum Gasteiger partial charge on any atom is -0.304 e. The molecule has 0 aliphatic rings. The summed E-state index contributed by atoms with van der Waals surface area (Å²) in [4.78, 5) is 10.5. The second kappa shape index (κ2) is 6.62. The molecule has 19 heavy (non-hydrogen) atoms. The molecule has 0 bridgehead atoms. The highest BCUT2D eigenvalue weighted by atomic mass is 15.1. The van der Waals surface area contributed by atoms with Gasteiger partial charge in [0.25, 0.3) is 0 Å². The molecular weight excluding hydrogens is 236 g/mol. The predicted molar refractivity (Wildman–Crippen MR) is 78.6 cm³/mol. The zero-order chi connectivity index (χ0) is 14.4. The Morgan fingerprint density at radius 1 is 1.47 bits per heavy atom. The molecule has 0 fully saturated rings. The van der Waals surface area contributed by atoms with Gasteiger partial charge >= 0.3 is 0 Å². The minimum atomic E-state index is 0.163. The zero-order valence-corrected chi connectivity index (χ0v) is 11.6. The molecule has 0 atom stereocenters. The maximum absolute atomic E-state index is 8.58. The molecule has 0 aliphatic carbocycles. The Bertz CT molecular complexity index is 562. The third kappa shape index (κ3) is 4.49. The molecule has 0 aromatic carbocycles. The van der Waals surface area contributed by atoms with Crippen molar-refractivity contribution in [3.8, 4) is 6.07 Å². The van der Waals surface area contributed by atoms with Crippen LogP contribution in [-0.4, -0.2) is 30.2 Å². The van der Waals surface area contributed by atoms with Crippen molar-refractivity contribution in [2.24, 2.45) is 4.99 Å². The van der Waals surface area contributed by atoms with Gasteiger partial charge in [-0.1, -0.05) is 19.2 Å². The molecule has 0 saturated heterocycles. The van der Waals surface area contributed by atoms with Crippen molar-refractivity contribution < 1.29 is 0 Å². The van der Waals surface area contributed by atoms with Crippen LogP contribution in [0.25, 0.3) is 5.57 Å². The Hall–Kier alpha value is -2.25. The lowest BCUT2D eigenvalue weighted by Gasteiger charge is -2.11. The third-order valence-electron chi connectivity index (χ3n) is 2.47. The fourth-order valence-corrected chi connectivity index (χ4v) is 1.62. The van der Waals surface area contributed by atoms with Crippen LogP contribution in [0.2, 0.25) is 0 Å². The average molecular weight is 254 g/mol. The van der Waals surface area contributed by atoms with E-state index in [-0.39, 0.29) is 5.70 Å². The molecule has 1 aromatic heterocycles. The Labute approximate surface area is 114 Å². The van der Waals surface area contributed by atoms with Crippen LogP contribution in [0.3, 0.4) is 0 Å². The Morgan fingerprint density at radius 3 is 2.68 bits per heavy atom. The van der Waals surface area contributed by atoms with Gasteiger partial charge in [-0.15, -0.1) is 0 Å². The van der Waals surface area contributed by atoms with Gasteiger partial charge in [0.15, 0.2) is 0 Å². The topological polar surface area (TPSA) is 52.3 Å². The van der Waals surface area contributed by atoms with Gasteiger partial charge in [0.1, 0.15) is 11.8 Å². The number of aliphatic imine (C=N–C) groups is 1. The molecule has 0 spiro atoms. The first-order valence-corrected chi connectivity index (χ1v) is 5.87. The van der Waals surface area contributed by atoms with Gasteiger partial charge in [0, 0.05) is 24.0 Å². The van der Waals surface area contributed by atoms with Crippen molar-refractivity contribution in [2.45, 2.75) is 13.5 Å². The van der Waals surface area contributed by atoms with E-state index in [1.165, 1.54) is 0 Å². The summed E-state index contributed by atoms with van der Waals surface area (Å²) in [6, 6.07) is 5.81. The monoisotopic (exact) mass is 254 g/mol. The highest BCUT2D eigenvalue weighted by Gasteiger charge is 2.05. The van der Waals surface area contributed by atoms with Crippen LogP contribution in [0.4, 0.5) is 0 Å². The lowest BCUT2D eigenvalue weighted by molar-refractivity contribution is 0.396. The van der Waals surface area contributed by atoms with Gasteiger partial charge in [-0.3, -0.25) is 4.98 Å². The highest BCUT2D eigenvalue weighted by molar-refractivity contribution is 6.09. The molecule has 0 amide bonds. The quantitative estimate of drug-likeness (QED) is 0.599. The molecule has 1 heterocycles. The van der Waals surface area contributed by atoms with Gasteiger partial charge in [0.05, 0.1) is 5.69 Å². The lowest BCUT2D eigenvalue weighted by Crippen LogP contribution is -2.12. The number of nitrogens with zero attached hydrogens (tertiary/aromatic N) is 4. The normalized spacial score (nSPS) is 10.7. The lowest BCUT2D eigenvalue weighted by atomic mass is 10.1. The summed E-state index contributed by atoms with van der Waals surface area (Å²) in [5.74, 6) is 0. The maximum atomic E-state index is 8.58. The van der Waals surface area contributed by atoms with E-state index in [0.29, 0.717) is 0 Å². The van der Waals surface area contributed by atoms with Crippen LogP contribution in [0.15, 0.2) is 36.0 Å². The molecule has 4 heteroatoms. The molecule has 1 rings (SSSR count). The number of nitriles is 1. The largest absolute Gasteiger partial charge is 0.304 e. The molecule has 4 nitrogen and oxygen atoms in total. The number of allylic oxidation sites excluding steroid dienone is 2. The summed E-state index contributed by atoms with van der Waals surface area (Å²) in [5.41, 5.74) is 3.72. The van der Waals surface area contributed by atoms with Crippen LogP contribution in [0.5, 0.6) is 0 Å². The summed E-state index contributed by atoms with van der Waals surface area (Å²) in [7, 11) is 4.01. The van der Waals surface area contributed by atoms with Crippen LogP contribution < -0.4 is 0 Å². The van der Waals surface area contributed by atoms with Crippen molar-refractivity contribution in [1.29, 1.82) is 5.26 Å². The smallest absolute Gasteiger partial charge is 0.133 e. The Kier molecular flexibility index (Phi) is 5.16. The SMILES string of the molecule is C=C(C#N)N=CC(=C)c1ccc(CN(C)C)nc1C. The van der Waals surface area contributed by atoms with E-state index in [1.807, 2.05) is 39.2 Å². The van der Waals surface area contributed by atoms with E-state index in [2.05, 4.69) is 28.0 Å². The zero-order valence-electron chi connectivity index (χ0n) is 11.6. The first kappa shape index (κ1) is 14.8. The number of hydrogen-bond donors (Lipinski definition) is 0. The molecule has 0 aliphatic heterocycles. The minimum absolute atomic E-state index is 0.163. The highest BCUT2D eigenvalue weighted by Crippen LogP contribution is 2.15. The van der Waals surface area contributed by atoms with E-state index in [4.69, 9.17) is 5.26 Å². The molecule has 0 N–H and O–H groups in total. The first-order chi connectivity index (χ1) is 8.93. The van der Waals surface area contributed by atoms with Gasteiger partial charge in [-0.2, -0.15) is 5.26 Å². The number of hydrogen-bond acceptors (Lipinski definition) is 4. The number of pyridine rings is 1. The second-order valence-electron chi connectivity index (χ2n) is 4.52. The fraction of sp³-hybridized carbons (Fsp3) is 0.267. The van der Waals surface area contributed by atoms with Gasteiger partial charge in [-0.05, 0) is 32.7 Å². The Morgan fingerprint density at radius 2 is 2.16 bits per heavy atom. The standard InChI is InChI=1S/C15H18N4/c1-11(9-17-12(2)8-16)15-7-6-14(10-19(4)5)18-13(15)3/h6-7,9H,1-2,10H2,3-5H3. The average Bonchev–Trinajstić information content (AvgIpc) is 2.34. The molecular formula is C15H18N4. The predicted octanol–water partition coefficient (Wildman–Crippen LogP) is 2.57. The van der Waals surface area contributed by atoms with E-state index >= 15 is 0 Å². The molecule has 0 unspecified atom stereocenters. The van der Waals surface area contributed by atoms with Crippen molar-refractivity contribution in [1.82, 2.24) is 9.88 Å². The van der Waals surface area contributed by atoms with E-state index < -0.39 is 0 Å². The molecule has 1 aromatic rings. The summed E-state index contributed by atoms with van der Waals surface area (Å²) < 4.78 is 0. The number of rotatable bonds is 5. The molecule has 0 saturated carbocycles. The van der Waals surface area contributed by atoms with Crippen molar-refractivity contribution in [2.75, 3.05) is 14.1 Å². The van der Waals surface area contributed by atoms with E-state index in [1.54, 1.807) is 6.21 Å². The number of aryl methyl sites for hydroxylation is 1. The molecule has 0 radical (unpaired) electrons.